The molecule has 0 saturated carbocycles. The van der Waals surface area contributed by atoms with Crippen molar-refractivity contribution in [2.45, 2.75) is 13.1 Å². The molecular weight excluding hydrogens is 262 g/mol. The maximum Gasteiger partial charge on any atom is 0.419 e. The second-order valence-electron chi connectivity index (χ2n) is 4.11. The van der Waals surface area contributed by atoms with Crippen molar-refractivity contribution in [1.29, 1.82) is 0 Å². The molecule has 100 valence electrons. The lowest BCUT2D eigenvalue weighted by atomic mass is 10.1. The fourth-order valence-electron chi connectivity index (χ4n) is 1.75. The molecule has 0 amide bonds. The van der Waals surface area contributed by atoms with E-state index in [2.05, 4.69) is 4.98 Å². The van der Waals surface area contributed by atoms with Gasteiger partial charge in [0.1, 0.15) is 5.82 Å². The van der Waals surface area contributed by atoms with Crippen LogP contribution in [0.15, 0.2) is 35.1 Å². The predicted molar refractivity (Wildman–Crippen MR) is 62.2 cm³/mol. The largest absolute Gasteiger partial charge is 0.419 e. The van der Waals surface area contributed by atoms with E-state index in [0.29, 0.717) is 11.8 Å². The number of pyridine rings is 1. The molecule has 2 aromatic rings. The van der Waals surface area contributed by atoms with Crippen molar-refractivity contribution in [3.63, 3.8) is 0 Å². The number of nitrogens with one attached hydrogen (secondary N) is 1. The number of hydrogen-bond acceptors (Lipinski definition) is 1. The first-order chi connectivity index (χ1) is 8.77. The quantitative estimate of drug-likeness (QED) is 0.791. The van der Waals surface area contributed by atoms with Gasteiger partial charge in [-0.15, -0.1) is 0 Å². The molecule has 0 bridgehead atoms. The van der Waals surface area contributed by atoms with Crippen LogP contribution in [-0.4, -0.2) is 4.98 Å². The number of rotatable bonds is 1. The molecule has 1 aromatic carbocycles. The van der Waals surface area contributed by atoms with Crippen LogP contribution in [-0.2, 0) is 6.18 Å². The number of aryl methyl sites for hydroxylation is 1. The summed E-state index contributed by atoms with van der Waals surface area (Å²) in [5.74, 6) is -1.37. The van der Waals surface area contributed by atoms with Crippen LogP contribution < -0.4 is 5.43 Å². The molecule has 0 radical (unpaired) electrons. The average Bonchev–Trinajstić information content (AvgIpc) is 2.25. The Kier molecular flexibility index (Phi) is 3.18. The number of aromatic nitrogens is 1. The maximum atomic E-state index is 13.4. The maximum absolute atomic E-state index is 13.4. The van der Waals surface area contributed by atoms with Crippen LogP contribution >= 0.6 is 0 Å². The summed E-state index contributed by atoms with van der Waals surface area (Å²) in [6.45, 7) is 1.63. The monoisotopic (exact) mass is 271 g/mol. The zero-order chi connectivity index (χ0) is 14.2. The number of benzene rings is 1. The minimum absolute atomic E-state index is 0.186. The summed E-state index contributed by atoms with van der Waals surface area (Å²) < 4.78 is 50.7. The lowest BCUT2D eigenvalue weighted by Crippen LogP contribution is -2.08. The van der Waals surface area contributed by atoms with Crippen LogP contribution in [0, 0.1) is 12.7 Å². The molecule has 1 aromatic heterocycles. The summed E-state index contributed by atoms with van der Waals surface area (Å²) in [5, 5.41) is 0. The van der Waals surface area contributed by atoms with Gasteiger partial charge >= 0.3 is 6.18 Å². The molecule has 2 nitrogen and oxygen atoms in total. The third-order valence-corrected chi connectivity index (χ3v) is 2.56. The molecule has 0 aliphatic heterocycles. The highest BCUT2D eigenvalue weighted by Crippen LogP contribution is 2.32. The molecule has 0 atom stereocenters. The Morgan fingerprint density at radius 2 is 1.79 bits per heavy atom. The van der Waals surface area contributed by atoms with Gasteiger partial charge in [0.2, 0.25) is 0 Å². The Morgan fingerprint density at radius 1 is 1.11 bits per heavy atom. The predicted octanol–water partition coefficient (Wildman–Crippen LogP) is 3.51. The van der Waals surface area contributed by atoms with E-state index >= 15 is 0 Å². The molecule has 0 unspecified atom stereocenters. The van der Waals surface area contributed by atoms with Crippen LogP contribution in [0.1, 0.15) is 11.3 Å². The lowest BCUT2D eigenvalue weighted by molar-refractivity contribution is -0.139. The average molecular weight is 271 g/mol. The van der Waals surface area contributed by atoms with E-state index in [-0.39, 0.29) is 16.7 Å². The Bertz CT molecular complexity index is 673. The minimum Gasteiger partial charge on any atom is -0.358 e. The van der Waals surface area contributed by atoms with Crippen LogP contribution in [0.3, 0.4) is 0 Å². The molecule has 2 rings (SSSR count). The summed E-state index contributed by atoms with van der Waals surface area (Å²) in [7, 11) is 0. The van der Waals surface area contributed by atoms with Crippen molar-refractivity contribution in [3.8, 4) is 11.3 Å². The van der Waals surface area contributed by atoms with Crippen molar-refractivity contribution in [3.05, 3.63) is 57.6 Å². The summed E-state index contributed by atoms with van der Waals surface area (Å²) >= 11 is 0. The van der Waals surface area contributed by atoms with Gasteiger partial charge < -0.3 is 4.98 Å². The summed E-state index contributed by atoms with van der Waals surface area (Å²) in [4.78, 5) is 14.1. The van der Waals surface area contributed by atoms with E-state index in [1.807, 2.05) is 0 Å². The Labute approximate surface area is 105 Å². The van der Waals surface area contributed by atoms with Gasteiger partial charge in [-0.25, -0.2) is 4.39 Å². The second kappa shape index (κ2) is 4.53. The van der Waals surface area contributed by atoms with Crippen LogP contribution in [0.2, 0.25) is 0 Å². The number of H-pyrrole nitrogens is 1. The van der Waals surface area contributed by atoms with Crippen molar-refractivity contribution in [2.24, 2.45) is 0 Å². The molecule has 6 heteroatoms. The summed E-state index contributed by atoms with van der Waals surface area (Å²) in [5.41, 5.74) is -0.621. The molecular formula is C13H9F4NO. The van der Waals surface area contributed by atoms with E-state index in [9.17, 15) is 22.4 Å². The van der Waals surface area contributed by atoms with Gasteiger partial charge in [0.25, 0.3) is 0 Å². The third kappa shape index (κ3) is 2.83. The SMILES string of the molecule is Cc1cc(=O)cc(-c2ccc(C(F)(F)F)c(F)c2)[nH]1. The van der Waals surface area contributed by atoms with Gasteiger partial charge in [-0.2, -0.15) is 13.2 Å². The highest BCUT2D eigenvalue weighted by molar-refractivity contribution is 5.59. The molecule has 0 aliphatic carbocycles. The Hall–Kier alpha value is -2.11. The summed E-state index contributed by atoms with van der Waals surface area (Å²) in [6.07, 6.45) is -4.73. The molecule has 0 saturated heterocycles. The van der Waals surface area contributed by atoms with Gasteiger partial charge in [-0.05, 0) is 19.1 Å². The first-order valence-electron chi connectivity index (χ1n) is 5.35. The first-order valence-corrected chi connectivity index (χ1v) is 5.35. The zero-order valence-electron chi connectivity index (χ0n) is 9.81. The van der Waals surface area contributed by atoms with Crippen LogP contribution in [0.5, 0.6) is 0 Å². The molecule has 0 aliphatic rings. The molecule has 0 spiro atoms. The lowest BCUT2D eigenvalue weighted by Gasteiger charge is -2.09. The van der Waals surface area contributed by atoms with Crippen molar-refractivity contribution in [1.82, 2.24) is 4.98 Å². The van der Waals surface area contributed by atoms with Crippen molar-refractivity contribution >= 4 is 0 Å². The van der Waals surface area contributed by atoms with E-state index in [4.69, 9.17) is 0 Å². The number of hydrogen-bond donors (Lipinski definition) is 1. The van der Waals surface area contributed by atoms with Gasteiger partial charge in [0.15, 0.2) is 5.43 Å². The smallest absolute Gasteiger partial charge is 0.358 e. The van der Waals surface area contributed by atoms with Crippen molar-refractivity contribution < 1.29 is 17.6 Å². The van der Waals surface area contributed by atoms with Crippen LogP contribution in [0.4, 0.5) is 17.6 Å². The van der Waals surface area contributed by atoms with E-state index in [1.54, 1.807) is 6.92 Å². The number of halogens is 4. The molecule has 1 N–H and O–H groups in total. The third-order valence-electron chi connectivity index (χ3n) is 2.56. The first kappa shape index (κ1) is 13.3. The topological polar surface area (TPSA) is 32.9 Å². The number of aromatic amines is 1. The Balaban J connectivity index is 2.53. The van der Waals surface area contributed by atoms with Crippen LogP contribution in [0.25, 0.3) is 11.3 Å². The minimum atomic E-state index is -4.73. The van der Waals surface area contributed by atoms with Crippen molar-refractivity contribution in [2.75, 3.05) is 0 Å². The summed E-state index contributed by atoms with van der Waals surface area (Å²) in [6, 6.07) is 5.08. The number of alkyl halides is 3. The van der Waals surface area contributed by atoms with E-state index < -0.39 is 17.6 Å². The van der Waals surface area contributed by atoms with Gasteiger partial charge in [-0.3, -0.25) is 4.79 Å². The van der Waals surface area contributed by atoms with E-state index in [0.717, 1.165) is 12.1 Å². The van der Waals surface area contributed by atoms with Gasteiger partial charge in [-0.1, -0.05) is 6.07 Å². The van der Waals surface area contributed by atoms with Gasteiger partial charge in [0.05, 0.1) is 5.56 Å². The normalized spacial score (nSPS) is 11.6. The molecule has 0 fully saturated rings. The fraction of sp³-hybridized carbons (Fsp3) is 0.154. The van der Waals surface area contributed by atoms with E-state index in [1.165, 1.54) is 12.1 Å². The highest BCUT2D eigenvalue weighted by Gasteiger charge is 2.33. The molecule has 19 heavy (non-hydrogen) atoms. The van der Waals surface area contributed by atoms with Gasteiger partial charge in [0, 0.05) is 29.1 Å². The fourth-order valence-corrected chi connectivity index (χ4v) is 1.75. The molecule has 1 heterocycles. The second-order valence-corrected chi connectivity index (χ2v) is 4.11. The zero-order valence-corrected chi connectivity index (χ0v) is 9.81. The highest BCUT2D eigenvalue weighted by atomic mass is 19.4. The Morgan fingerprint density at radius 3 is 2.32 bits per heavy atom. The standard InChI is InChI=1S/C13H9F4NO/c1-7-4-9(19)6-12(18-7)8-2-3-10(11(14)5-8)13(15,16)17/h2-6H,1H3,(H,18,19).